The molecular weight excluding hydrogens is 316 g/mol. The van der Waals surface area contributed by atoms with Crippen LogP contribution in [-0.2, 0) is 6.54 Å². The highest BCUT2D eigenvalue weighted by Gasteiger charge is 2.14. The molecule has 0 fully saturated rings. The van der Waals surface area contributed by atoms with Crippen LogP contribution in [0, 0.1) is 0 Å². The van der Waals surface area contributed by atoms with Crippen LogP contribution in [0.15, 0.2) is 54.2 Å². The van der Waals surface area contributed by atoms with E-state index < -0.39 is 6.10 Å². The second kappa shape index (κ2) is 6.83. The lowest BCUT2D eigenvalue weighted by atomic mass is 10.2. The summed E-state index contributed by atoms with van der Waals surface area (Å²) in [5.41, 5.74) is 0.540. The predicted molar refractivity (Wildman–Crippen MR) is 88.1 cm³/mol. The molecule has 1 amide bonds. The Balaban J connectivity index is 1.61. The summed E-state index contributed by atoms with van der Waals surface area (Å²) in [6.07, 6.45) is 2.58. The van der Waals surface area contributed by atoms with Crippen molar-refractivity contribution in [1.29, 1.82) is 0 Å². The van der Waals surface area contributed by atoms with Crippen LogP contribution in [0.1, 0.15) is 31.1 Å². The van der Waals surface area contributed by atoms with Gasteiger partial charge < -0.3 is 10.4 Å². The fraction of sp³-hybridized carbons (Fsp3) is 0.125. The van der Waals surface area contributed by atoms with E-state index in [9.17, 15) is 9.90 Å². The first-order valence-corrected chi connectivity index (χ1v) is 8.42. The van der Waals surface area contributed by atoms with Crippen molar-refractivity contribution >= 4 is 28.6 Å². The van der Waals surface area contributed by atoms with Gasteiger partial charge in [-0.15, -0.1) is 22.7 Å². The molecule has 1 unspecified atom stereocenters. The summed E-state index contributed by atoms with van der Waals surface area (Å²) in [6, 6.07) is 11.1. The second-order valence-electron chi connectivity index (χ2n) is 4.65. The van der Waals surface area contributed by atoms with E-state index >= 15 is 0 Å². The van der Waals surface area contributed by atoms with E-state index in [0.29, 0.717) is 12.1 Å². The van der Waals surface area contributed by atoms with Crippen LogP contribution < -0.4 is 5.32 Å². The van der Waals surface area contributed by atoms with Crippen molar-refractivity contribution < 1.29 is 9.90 Å². The molecule has 0 saturated carbocycles. The fourth-order valence-electron chi connectivity index (χ4n) is 1.99. The highest BCUT2D eigenvalue weighted by Crippen LogP contribution is 2.30. The van der Waals surface area contributed by atoms with E-state index in [-0.39, 0.29) is 5.91 Å². The largest absolute Gasteiger partial charge is 0.382 e. The lowest BCUT2D eigenvalue weighted by Crippen LogP contribution is -2.22. The minimum Gasteiger partial charge on any atom is -0.382 e. The molecule has 3 aromatic rings. The van der Waals surface area contributed by atoms with Gasteiger partial charge in [0.15, 0.2) is 0 Å². The van der Waals surface area contributed by atoms with Crippen molar-refractivity contribution in [1.82, 2.24) is 10.3 Å². The third-order valence-corrected chi connectivity index (χ3v) is 5.17. The van der Waals surface area contributed by atoms with Gasteiger partial charge in [-0.3, -0.25) is 9.78 Å². The number of aliphatic hydroxyl groups excluding tert-OH is 1. The van der Waals surface area contributed by atoms with Crippen molar-refractivity contribution in [2.45, 2.75) is 12.6 Å². The number of hydrogen-bond donors (Lipinski definition) is 2. The number of aromatic nitrogens is 1. The van der Waals surface area contributed by atoms with Crippen molar-refractivity contribution in [2.75, 3.05) is 0 Å². The lowest BCUT2D eigenvalue weighted by Gasteiger charge is -2.05. The number of amides is 1. The lowest BCUT2D eigenvalue weighted by molar-refractivity contribution is 0.0951. The number of hydrogen-bond acceptors (Lipinski definition) is 5. The van der Waals surface area contributed by atoms with E-state index in [0.717, 1.165) is 14.6 Å². The Labute approximate surface area is 136 Å². The van der Waals surface area contributed by atoms with Crippen molar-refractivity contribution in [3.05, 3.63) is 74.4 Å². The zero-order valence-corrected chi connectivity index (χ0v) is 13.2. The van der Waals surface area contributed by atoms with Gasteiger partial charge in [0, 0.05) is 27.0 Å². The topological polar surface area (TPSA) is 62.2 Å². The number of thiophene rings is 2. The molecule has 0 bridgehead atoms. The first-order valence-electron chi connectivity index (χ1n) is 6.72. The summed E-state index contributed by atoms with van der Waals surface area (Å²) in [7, 11) is 0. The van der Waals surface area contributed by atoms with Gasteiger partial charge in [-0.05, 0) is 35.7 Å². The van der Waals surface area contributed by atoms with Crippen molar-refractivity contribution in [3.63, 3.8) is 0 Å². The molecule has 112 valence electrons. The van der Waals surface area contributed by atoms with Gasteiger partial charge in [0.2, 0.25) is 0 Å². The molecule has 3 aromatic heterocycles. The van der Waals surface area contributed by atoms with E-state index in [2.05, 4.69) is 10.3 Å². The molecule has 1 atom stereocenters. The number of rotatable bonds is 5. The summed E-state index contributed by atoms with van der Waals surface area (Å²) in [5, 5.41) is 15.1. The van der Waals surface area contributed by atoms with Crippen LogP contribution in [-0.4, -0.2) is 16.0 Å². The van der Waals surface area contributed by atoms with Crippen LogP contribution in [0.25, 0.3) is 0 Å². The minimum absolute atomic E-state index is 0.151. The molecule has 0 aromatic carbocycles. The molecule has 3 heterocycles. The number of nitrogens with zero attached hydrogens (tertiary/aromatic N) is 1. The Hall–Kier alpha value is -2.02. The first kappa shape index (κ1) is 14.9. The van der Waals surface area contributed by atoms with E-state index in [1.54, 1.807) is 18.3 Å². The second-order valence-corrected chi connectivity index (χ2v) is 6.83. The Morgan fingerprint density at radius 3 is 2.86 bits per heavy atom. The molecule has 6 heteroatoms. The van der Waals surface area contributed by atoms with Gasteiger partial charge in [-0.2, -0.15) is 0 Å². The SMILES string of the molecule is O=C(NCc1ccc(C(O)c2cccs2)s1)c1cccnc1. The Morgan fingerprint density at radius 1 is 1.23 bits per heavy atom. The Morgan fingerprint density at radius 2 is 2.14 bits per heavy atom. The van der Waals surface area contributed by atoms with Crippen LogP contribution in [0.4, 0.5) is 0 Å². The summed E-state index contributed by atoms with van der Waals surface area (Å²) in [5.74, 6) is -0.151. The normalized spacial score (nSPS) is 12.0. The maximum atomic E-state index is 12.0. The third kappa shape index (κ3) is 3.41. The van der Waals surface area contributed by atoms with Crippen LogP contribution in [0.5, 0.6) is 0 Å². The molecule has 3 rings (SSSR count). The van der Waals surface area contributed by atoms with E-state index in [1.807, 2.05) is 29.6 Å². The molecular formula is C16H14N2O2S2. The van der Waals surface area contributed by atoms with Crippen LogP contribution in [0.2, 0.25) is 0 Å². The number of nitrogens with one attached hydrogen (secondary N) is 1. The molecule has 4 nitrogen and oxygen atoms in total. The monoisotopic (exact) mass is 330 g/mol. The summed E-state index contributed by atoms with van der Waals surface area (Å²) >= 11 is 3.03. The highest BCUT2D eigenvalue weighted by atomic mass is 32.1. The zero-order valence-electron chi connectivity index (χ0n) is 11.6. The maximum Gasteiger partial charge on any atom is 0.253 e. The number of carbonyl (C=O) groups is 1. The van der Waals surface area contributed by atoms with E-state index in [1.165, 1.54) is 28.9 Å². The standard InChI is InChI=1S/C16H14N2O2S2/c19-15(13-4-2-8-21-13)14-6-5-12(22-14)10-18-16(20)11-3-1-7-17-9-11/h1-9,15,19H,10H2,(H,18,20). The average Bonchev–Trinajstić information content (AvgIpc) is 3.24. The number of carbonyl (C=O) groups excluding carboxylic acids is 1. The first-order chi connectivity index (χ1) is 10.7. The molecule has 0 aliphatic heterocycles. The minimum atomic E-state index is -0.590. The highest BCUT2D eigenvalue weighted by molar-refractivity contribution is 7.12. The smallest absolute Gasteiger partial charge is 0.253 e. The van der Waals surface area contributed by atoms with Gasteiger partial charge in [0.25, 0.3) is 5.91 Å². The molecule has 0 aliphatic rings. The van der Waals surface area contributed by atoms with Crippen molar-refractivity contribution in [2.24, 2.45) is 0 Å². The fourth-order valence-corrected chi connectivity index (χ4v) is 3.75. The van der Waals surface area contributed by atoms with Gasteiger partial charge in [0.05, 0.1) is 12.1 Å². The van der Waals surface area contributed by atoms with Crippen molar-refractivity contribution in [3.8, 4) is 0 Å². The van der Waals surface area contributed by atoms with Gasteiger partial charge in [0.1, 0.15) is 6.10 Å². The maximum absolute atomic E-state index is 12.0. The Bertz CT molecular complexity index is 739. The quantitative estimate of drug-likeness (QED) is 0.755. The Kier molecular flexibility index (Phi) is 4.62. The molecule has 0 spiro atoms. The summed E-state index contributed by atoms with van der Waals surface area (Å²) in [6.45, 7) is 0.440. The number of aliphatic hydroxyl groups is 1. The molecule has 2 N–H and O–H groups in total. The van der Waals surface area contributed by atoms with Gasteiger partial charge in [-0.25, -0.2) is 0 Å². The van der Waals surface area contributed by atoms with E-state index in [4.69, 9.17) is 0 Å². The predicted octanol–water partition coefficient (Wildman–Crippen LogP) is 3.22. The average molecular weight is 330 g/mol. The molecule has 0 saturated heterocycles. The van der Waals surface area contributed by atoms with Crippen LogP contribution >= 0.6 is 22.7 Å². The number of pyridine rings is 1. The molecule has 0 radical (unpaired) electrons. The van der Waals surface area contributed by atoms with Crippen LogP contribution in [0.3, 0.4) is 0 Å². The summed E-state index contributed by atoms with van der Waals surface area (Å²) in [4.78, 5) is 18.7. The third-order valence-electron chi connectivity index (χ3n) is 3.11. The van der Waals surface area contributed by atoms with Gasteiger partial charge in [-0.1, -0.05) is 6.07 Å². The summed E-state index contributed by atoms with van der Waals surface area (Å²) < 4.78 is 0. The molecule has 22 heavy (non-hydrogen) atoms. The molecule has 0 aliphatic carbocycles. The zero-order chi connectivity index (χ0) is 15.4. The van der Waals surface area contributed by atoms with Gasteiger partial charge >= 0.3 is 0 Å².